The molecule has 1 aliphatic carbocycles. The van der Waals surface area contributed by atoms with E-state index < -0.39 is 0 Å². The summed E-state index contributed by atoms with van der Waals surface area (Å²) in [6.07, 6.45) is 8.07. The summed E-state index contributed by atoms with van der Waals surface area (Å²) in [7, 11) is 3.54. The normalized spacial score (nSPS) is 19.2. The fourth-order valence-electron chi connectivity index (χ4n) is 4.14. The molecule has 2 aliphatic heterocycles. The summed E-state index contributed by atoms with van der Waals surface area (Å²) < 4.78 is 16.9. The zero-order chi connectivity index (χ0) is 21.4. The first-order valence-electron chi connectivity index (χ1n) is 10.8. The fraction of sp³-hybridized carbons (Fsp3) is 0.545. The molecule has 0 aromatic carbocycles. The third kappa shape index (κ3) is 4.01. The number of aromatic nitrogens is 3. The number of pyridine rings is 1. The number of rotatable bonds is 5. The first-order valence-corrected chi connectivity index (χ1v) is 10.8. The fourth-order valence-corrected chi connectivity index (χ4v) is 4.14. The lowest BCUT2D eigenvalue weighted by molar-refractivity contribution is 0.0237. The van der Waals surface area contributed by atoms with Gasteiger partial charge >= 0.3 is 0 Å². The highest BCUT2D eigenvalue weighted by Crippen LogP contribution is 2.57. The second-order valence-corrected chi connectivity index (χ2v) is 8.66. The first kappa shape index (κ1) is 20.0. The van der Waals surface area contributed by atoms with Crippen LogP contribution in [-0.2, 0) is 21.5 Å². The maximum atomic E-state index is 7.82. The molecule has 9 nitrogen and oxygen atoms in total. The topological polar surface area (TPSA) is 96.7 Å². The molecule has 31 heavy (non-hydrogen) atoms. The van der Waals surface area contributed by atoms with Gasteiger partial charge in [-0.3, -0.25) is 5.41 Å². The summed E-state index contributed by atoms with van der Waals surface area (Å²) >= 11 is 0. The molecule has 3 aliphatic rings. The molecule has 1 saturated carbocycles. The van der Waals surface area contributed by atoms with E-state index >= 15 is 0 Å². The summed E-state index contributed by atoms with van der Waals surface area (Å²) in [5.74, 6) is 2.14. The summed E-state index contributed by atoms with van der Waals surface area (Å²) in [6.45, 7) is 2.54. The quantitative estimate of drug-likeness (QED) is 0.578. The Hall–Kier alpha value is -2.94. The van der Waals surface area contributed by atoms with Crippen molar-refractivity contribution in [3.8, 4) is 5.88 Å². The molecule has 0 amide bonds. The Morgan fingerprint density at radius 2 is 2.03 bits per heavy atom. The molecule has 1 N–H and O–H groups in total. The average molecular weight is 425 g/mol. The van der Waals surface area contributed by atoms with E-state index in [0.717, 1.165) is 56.9 Å². The van der Waals surface area contributed by atoms with Crippen LogP contribution in [0.25, 0.3) is 0 Å². The number of fused-ring (bicyclic) bond motifs is 2. The van der Waals surface area contributed by atoms with E-state index in [1.54, 1.807) is 19.0 Å². The molecule has 4 heterocycles. The molecule has 9 heteroatoms. The van der Waals surface area contributed by atoms with Gasteiger partial charge < -0.3 is 24.0 Å². The van der Waals surface area contributed by atoms with E-state index in [1.807, 2.05) is 24.5 Å². The van der Waals surface area contributed by atoms with Crippen molar-refractivity contribution >= 4 is 17.5 Å². The van der Waals surface area contributed by atoms with Crippen molar-refractivity contribution in [3.05, 3.63) is 35.9 Å². The number of amidine groups is 1. The molecule has 2 fully saturated rings. The monoisotopic (exact) mass is 424 g/mol. The molecule has 5 rings (SSSR count). The summed E-state index contributed by atoms with van der Waals surface area (Å²) in [4.78, 5) is 17.7. The van der Waals surface area contributed by atoms with Crippen LogP contribution >= 0.6 is 0 Å². The van der Waals surface area contributed by atoms with Gasteiger partial charge in [-0.15, -0.1) is 0 Å². The third-order valence-corrected chi connectivity index (χ3v) is 6.19. The average Bonchev–Trinajstić information content (AvgIpc) is 3.50. The van der Waals surface area contributed by atoms with Gasteiger partial charge in [-0.05, 0) is 18.9 Å². The molecule has 1 saturated heterocycles. The van der Waals surface area contributed by atoms with E-state index in [9.17, 15) is 0 Å². The van der Waals surface area contributed by atoms with Gasteiger partial charge in [0.05, 0.1) is 25.1 Å². The van der Waals surface area contributed by atoms with Gasteiger partial charge in [0.2, 0.25) is 5.88 Å². The Labute approximate surface area is 181 Å². The van der Waals surface area contributed by atoms with Crippen LogP contribution in [0.15, 0.2) is 24.5 Å². The Morgan fingerprint density at radius 1 is 1.23 bits per heavy atom. The molecule has 0 atom stereocenters. The highest BCUT2D eigenvalue weighted by Gasteiger charge is 2.53. The molecular weight excluding hydrogens is 396 g/mol. The standard InChI is InChI=1S/C22H28N6O3/c1-27(2)21(23)30-13-18-24-12-17-20(26-18)28(14-22(17)7-8-22)15-3-4-19(25-11-15)31-16-5-9-29-10-6-16/h3-4,11-12,16,23H,5-10,13-14H2,1-2H3. The maximum absolute atomic E-state index is 7.82. The smallest absolute Gasteiger partial charge is 0.284 e. The first-order chi connectivity index (χ1) is 15.0. The van der Waals surface area contributed by atoms with Gasteiger partial charge in [-0.25, -0.2) is 15.0 Å². The zero-order valence-corrected chi connectivity index (χ0v) is 18.0. The predicted molar refractivity (Wildman–Crippen MR) is 115 cm³/mol. The number of nitrogens with one attached hydrogen (secondary N) is 1. The van der Waals surface area contributed by atoms with E-state index in [4.69, 9.17) is 24.6 Å². The van der Waals surface area contributed by atoms with Crippen LogP contribution in [-0.4, -0.2) is 65.8 Å². The van der Waals surface area contributed by atoms with Gasteiger partial charge in [-0.1, -0.05) is 0 Å². The Balaban J connectivity index is 1.33. The molecule has 1 spiro atoms. The van der Waals surface area contributed by atoms with Crippen LogP contribution in [0.1, 0.15) is 37.1 Å². The number of nitrogens with zero attached hydrogens (tertiary/aromatic N) is 5. The Kier molecular flexibility index (Phi) is 5.13. The molecule has 0 bridgehead atoms. The van der Waals surface area contributed by atoms with Crippen molar-refractivity contribution in [3.63, 3.8) is 0 Å². The lowest BCUT2D eigenvalue weighted by atomic mass is 10.0. The van der Waals surface area contributed by atoms with E-state index in [1.165, 1.54) is 5.56 Å². The minimum atomic E-state index is 0.0870. The highest BCUT2D eigenvalue weighted by atomic mass is 16.5. The molecule has 2 aromatic rings. The molecular formula is C22H28N6O3. The maximum Gasteiger partial charge on any atom is 0.284 e. The summed E-state index contributed by atoms with van der Waals surface area (Å²) in [6, 6.07) is 4.07. The SMILES string of the molecule is CN(C)C(=N)OCc1ncc2c(n1)N(c1ccc(OC3CCOCC3)nc1)CC21CC1. The minimum Gasteiger partial charge on any atom is -0.474 e. The zero-order valence-electron chi connectivity index (χ0n) is 18.0. The molecule has 2 aromatic heterocycles. The second kappa shape index (κ2) is 7.96. The van der Waals surface area contributed by atoms with Gasteiger partial charge in [0.25, 0.3) is 6.02 Å². The largest absolute Gasteiger partial charge is 0.474 e. The van der Waals surface area contributed by atoms with Crippen LogP contribution in [0.3, 0.4) is 0 Å². The van der Waals surface area contributed by atoms with Gasteiger partial charge in [0.1, 0.15) is 11.9 Å². The lowest BCUT2D eigenvalue weighted by Crippen LogP contribution is -2.26. The van der Waals surface area contributed by atoms with Gasteiger partial charge in [-0.2, -0.15) is 0 Å². The number of anilines is 2. The van der Waals surface area contributed by atoms with Crippen LogP contribution < -0.4 is 9.64 Å². The Bertz CT molecular complexity index is 954. The van der Waals surface area contributed by atoms with Gasteiger partial charge in [0.15, 0.2) is 12.4 Å². The van der Waals surface area contributed by atoms with Crippen LogP contribution in [0.2, 0.25) is 0 Å². The predicted octanol–water partition coefficient (Wildman–Crippen LogP) is 2.63. The van der Waals surface area contributed by atoms with E-state index in [2.05, 4.69) is 14.9 Å². The van der Waals surface area contributed by atoms with Gasteiger partial charge in [0, 0.05) is 56.7 Å². The van der Waals surface area contributed by atoms with Crippen molar-refractivity contribution < 1.29 is 14.2 Å². The highest BCUT2D eigenvalue weighted by molar-refractivity contribution is 5.71. The van der Waals surface area contributed by atoms with Crippen molar-refractivity contribution in [1.29, 1.82) is 5.41 Å². The Morgan fingerprint density at radius 3 is 2.71 bits per heavy atom. The summed E-state index contributed by atoms with van der Waals surface area (Å²) in [5, 5.41) is 7.82. The summed E-state index contributed by atoms with van der Waals surface area (Å²) in [5.41, 5.74) is 2.35. The number of hydrogen-bond acceptors (Lipinski definition) is 8. The second-order valence-electron chi connectivity index (χ2n) is 8.66. The van der Waals surface area contributed by atoms with Crippen LogP contribution in [0.5, 0.6) is 5.88 Å². The number of hydrogen-bond donors (Lipinski definition) is 1. The van der Waals surface area contributed by atoms with Crippen molar-refractivity contribution in [2.45, 2.75) is 43.8 Å². The van der Waals surface area contributed by atoms with Crippen molar-refractivity contribution in [1.82, 2.24) is 19.9 Å². The number of ether oxygens (including phenoxy) is 3. The molecule has 0 radical (unpaired) electrons. The van der Waals surface area contributed by atoms with Crippen LogP contribution in [0.4, 0.5) is 11.5 Å². The van der Waals surface area contributed by atoms with Crippen molar-refractivity contribution in [2.24, 2.45) is 0 Å². The molecule has 0 unspecified atom stereocenters. The molecule has 164 valence electrons. The lowest BCUT2D eigenvalue weighted by Gasteiger charge is -2.23. The third-order valence-electron chi connectivity index (χ3n) is 6.19. The van der Waals surface area contributed by atoms with Crippen LogP contribution in [0, 0.1) is 5.41 Å². The van der Waals surface area contributed by atoms with E-state index in [0.29, 0.717) is 11.7 Å². The van der Waals surface area contributed by atoms with E-state index in [-0.39, 0.29) is 24.1 Å². The minimum absolute atomic E-state index is 0.0870. The van der Waals surface area contributed by atoms with Crippen molar-refractivity contribution in [2.75, 3.05) is 38.8 Å².